The van der Waals surface area contributed by atoms with E-state index in [0.29, 0.717) is 0 Å². The van der Waals surface area contributed by atoms with E-state index < -0.39 is 0 Å². The van der Waals surface area contributed by atoms with Gasteiger partial charge in [0, 0.05) is 25.6 Å². The van der Waals surface area contributed by atoms with Crippen LogP contribution in [0.1, 0.15) is 32.3 Å². The quantitative estimate of drug-likeness (QED) is 0.745. The second-order valence-electron chi connectivity index (χ2n) is 6.72. The fourth-order valence-corrected chi connectivity index (χ4v) is 3.40. The maximum atomic E-state index is 12.3. The SMILES string of the molecule is CCN(CC)CCNC(=O)C1CCN(Cc2cccc(OC)c2)CC1. The standard InChI is InChI=1S/C20H33N3O2/c1-4-22(5-2)14-11-21-20(24)18-9-12-23(13-10-18)16-17-7-6-8-19(15-17)25-3/h6-8,15,18H,4-5,9-14,16H2,1-3H3,(H,21,24). The lowest BCUT2D eigenvalue weighted by molar-refractivity contribution is -0.126. The molecule has 1 aliphatic heterocycles. The van der Waals surface area contributed by atoms with E-state index in [-0.39, 0.29) is 11.8 Å². The minimum absolute atomic E-state index is 0.165. The topological polar surface area (TPSA) is 44.8 Å². The van der Waals surface area contributed by atoms with Crippen molar-refractivity contribution in [3.8, 4) is 5.75 Å². The number of methoxy groups -OCH3 is 1. The van der Waals surface area contributed by atoms with Gasteiger partial charge in [-0.1, -0.05) is 26.0 Å². The smallest absolute Gasteiger partial charge is 0.223 e. The normalized spacial score (nSPS) is 16.2. The first-order valence-electron chi connectivity index (χ1n) is 9.51. The van der Waals surface area contributed by atoms with Crippen molar-refractivity contribution in [3.63, 3.8) is 0 Å². The number of piperidine rings is 1. The summed E-state index contributed by atoms with van der Waals surface area (Å²) in [5.41, 5.74) is 1.27. The highest BCUT2D eigenvalue weighted by Crippen LogP contribution is 2.20. The Kier molecular flexibility index (Phi) is 8.22. The summed E-state index contributed by atoms with van der Waals surface area (Å²) in [4.78, 5) is 17.1. The van der Waals surface area contributed by atoms with Gasteiger partial charge in [-0.15, -0.1) is 0 Å². The van der Waals surface area contributed by atoms with E-state index in [2.05, 4.69) is 41.1 Å². The summed E-state index contributed by atoms with van der Waals surface area (Å²) >= 11 is 0. The van der Waals surface area contributed by atoms with Crippen molar-refractivity contribution in [2.45, 2.75) is 33.2 Å². The van der Waals surface area contributed by atoms with Crippen molar-refractivity contribution in [1.29, 1.82) is 0 Å². The monoisotopic (exact) mass is 347 g/mol. The van der Waals surface area contributed by atoms with Gasteiger partial charge < -0.3 is 15.0 Å². The molecule has 2 rings (SSSR count). The molecule has 1 fully saturated rings. The molecule has 0 aromatic heterocycles. The van der Waals surface area contributed by atoms with Crippen LogP contribution in [0.2, 0.25) is 0 Å². The summed E-state index contributed by atoms with van der Waals surface area (Å²) in [7, 11) is 1.70. The van der Waals surface area contributed by atoms with E-state index in [1.807, 2.05) is 12.1 Å². The van der Waals surface area contributed by atoms with E-state index in [1.165, 1.54) is 5.56 Å². The number of benzene rings is 1. The highest BCUT2D eigenvalue weighted by Gasteiger charge is 2.24. The molecule has 0 unspecified atom stereocenters. The summed E-state index contributed by atoms with van der Waals surface area (Å²) in [5.74, 6) is 1.30. The summed E-state index contributed by atoms with van der Waals surface area (Å²) in [6.07, 6.45) is 1.89. The van der Waals surface area contributed by atoms with Crippen LogP contribution in [0.15, 0.2) is 24.3 Å². The largest absolute Gasteiger partial charge is 0.497 e. The fourth-order valence-electron chi connectivity index (χ4n) is 3.40. The Labute approximate surface area is 152 Å². The first-order valence-corrected chi connectivity index (χ1v) is 9.51. The highest BCUT2D eigenvalue weighted by atomic mass is 16.5. The lowest BCUT2D eigenvalue weighted by Crippen LogP contribution is -2.42. The molecular formula is C20H33N3O2. The van der Waals surface area contributed by atoms with Gasteiger partial charge in [0.15, 0.2) is 0 Å². The van der Waals surface area contributed by atoms with Gasteiger partial charge in [-0.05, 0) is 56.7 Å². The Hall–Kier alpha value is -1.59. The number of ether oxygens (including phenoxy) is 1. The molecule has 0 bridgehead atoms. The number of nitrogens with one attached hydrogen (secondary N) is 1. The molecule has 25 heavy (non-hydrogen) atoms. The molecule has 0 atom stereocenters. The number of carbonyl (C=O) groups is 1. The molecule has 1 aliphatic rings. The van der Waals surface area contributed by atoms with Gasteiger partial charge >= 0.3 is 0 Å². The second-order valence-corrected chi connectivity index (χ2v) is 6.72. The van der Waals surface area contributed by atoms with Gasteiger partial charge in [0.25, 0.3) is 0 Å². The third-order valence-corrected chi connectivity index (χ3v) is 5.12. The third kappa shape index (κ3) is 6.33. The molecule has 1 amide bonds. The molecular weight excluding hydrogens is 314 g/mol. The molecule has 0 saturated carbocycles. The van der Waals surface area contributed by atoms with Crippen LogP contribution in [-0.4, -0.2) is 62.1 Å². The highest BCUT2D eigenvalue weighted by molar-refractivity contribution is 5.78. The lowest BCUT2D eigenvalue weighted by atomic mass is 9.95. The summed E-state index contributed by atoms with van der Waals surface area (Å²) in [5, 5.41) is 3.12. The number of hydrogen-bond acceptors (Lipinski definition) is 4. The van der Waals surface area contributed by atoms with Gasteiger partial charge in [-0.25, -0.2) is 0 Å². The molecule has 0 radical (unpaired) electrons. The second kappa shape index (κ2) is 10.4. The number of amides is 1. The van der Waals surface area contributed by atoms with Gasteiger partial charge in [0.05, 0.1) is 7.11 Å². The minimum Gasteiger partial charge on any atom is -0.497 e. The lowest BCUT2D eigenvalue weighted by Gasteiger charge is -2.31. The molecule has 1 aromatic rings. The Morgan fingerprint density at radius 1 is 1.28 bits per heavy atom. The van der Waals surface area contributed by atoms with Crippen molar-refractivity contribution in [2.24, 2.45) is 5.92 Å². The number of nitrogens with zero attached hydrogens (tertiary/aromatic N) is 2. The van der Waals surface area contributed by atoms with E-state index in [1.54, 1.807) is 7.11 Å². The van der Waals surface area contributed by atoms with Gasteiger partial charge in [-0.2, -0.15) is 0 Å². The molecule has 5 nitrogen and oxygen atoms in total. The third-order valence-electron chi connectivity index (χ3n) is 5.12. The Balaban J connectivity index is 1.70. The molecule has 1 saturated heterocycles. The molecule has 1 N–H and O–H groups in total. The maximum Gasteiger partial charge on any atom is 0.223 e. The van der Waals surface area contributed by atoms with Crippen LogP contribution in [0.3, 0.4) is 0 Å². The summed E-state index contributed by atoms with van der Waals surface area (Å²) in [6.45, 7) is 11.0. The van der Waals surface area contributed by atoms with Crippen LogP contribution >= 0.6 is 0 Å². The Morgan fingerprint density at radius 3 is 2.64 bits per heavy atom. The van der Waals surface area contributed by atoms with Crippen molar-refractivity contribution >= 4 is 5.91 Å². The van der Waals surface area contributed by atoms with Gasteiger partial charge in [0.1, 0.15) is 5.75 Å². The molecule has 1 aromatic carbocycles. The zero-order chi connectivity index (χ0) is 18.1. The molecule has 0 aliphatic carbocycles. The summed E-state index contributed by atoms with van der Waals surface area (Å²) < 4.78 is 5.29. The average Bonchev–Trinajstić information content (AvgIpc) is 2.66. The summed E-state index contributed by atoms with van der Waals surface area (Å²) in [6, 6.07) is 8.23. The van der Waals surface area contributed by atoms with E-state index in [0.717, 1.165) is 64.4 Å². The van der Waals surface area contributed by atoms with Crippen LogP contribution in [0.5, 0.6) is 5.75 Å². The molecule has 5 heteroatoms. The number of likely N-dealkylation sites (N-methyl/N-ethyl adjacent to an activating group) is 1. The van der Waals surface area contributed by atoms with Crippen LogP contribution in [0, 0.1) is 5.92 Å². The average molecular weight is 348 g/mol. The van der Waals surface area contributed by atoms with E-state index in [9.17, 15) is 4.79 Å². The first kappa shape index (κ1) is 19.7. The molecule has 1 heterocycles. The van der Waals surface area contributed by atoms with Gasteiger partial charge in [-0.3, -0.25) is 9.69 Å². The number of rotatable bonds is 9. The van der Waals surface area contributed by atoms with Crippen molar-refractivity contribution < 1.29 is 9.53 Å². The minimum atomic E-state index is 0.165. The van der Waals surface area contributed by atoms with Crippen molar-refractivity contribution in [2.75, 3.05) is 46.4 Å². The van der Waals surface area contributed by atoms with Crippen molar-refractivity contribution in [3.05, 3.63) is 29.8 Å². The van der Waals surface area contributed by atoms with E-state index in [4.69, 9.17) is 4.74 Å². The first-order chi connectivity index (χ1) is 12.2. The number of carbonyl (C=O) groups excluding carboxylic acids is 1. The van der Waals surface area contributed by atoms with Crippen molar-refractivity contribution in [1.82, 2.24) is 15.1 Å². The number of likely N-dealkylation sites (tertiary alicyclic amines) is 1. The van der Waals surface area contributed by atoms with Crippen LogP contribution in [-0.2, 0) is 11.3 Å². The zero-order valence-corrected chi connectivity index (χ0v) is 16.0. The number of hydrogen-bond donors (Lipinski definition) is 1. The predicted molar refractivity (Wildman–Crippen MR) is 102 cm³/mol. The van der Waals surface area contributed by atoms with Gasteiger partial charge in [0.2, 0.25) is 5.91 Å². The van der Waals surface area contributed by atoms with E-state index >= 15 is 0 Å². The maximum absolute atomic E-state index is 12.3. The molecule has 0 spiro atoms. The fraction of sp³-hybridized carbons (Fsp3) is 0.650. The van der Waals surface area contributed by atoms with Crippen LogP contribution in [0.4, 0.5) is 0 Å². The zero-order valence-electron chi connectivity index (χ0n) is 16.0. The van der Waals surface area contributed by atoms with Crippen LogP contribution < -0.4 is 10.1 Å². The Bertz CT molecular complexity index is 523. The van der Waals surface area contributed by atoms with Crippen LogP contribution in [0.25, 0.3) is 0 Å². The Morgan fingerprint density at radius 2 is 2.00 bits per heavy atom. The predicted octanol–water partition coefficient (Wildman–Crippen LogP) is 2.37. The molecule has 140 valence electrons.